The van der Waals surface area contributed by atoms with Gasteiger partial charge in [0.2, 0.25) is 0 Å². The highest BCUT2D eigenvalue weighted by molar-refractivity contribution is 6.07. The Morgan fingerprint density at radius 1 is 1.07 bits per heavy atom. The van der Waals surface area contributed by atoms with Crippen molar-refractivity contribution in [3.05, 3.63) is 60.3 Å². The molecule has 0 fully saturated rings. The van der Waals surface area contributed by atoms with Crippen molar-refractivity contribution < 1.29 is 19.4 Å². The van der Waals surface area contributed by atoms with Crippen LogP contribution in [0.1, 0.15) is 17.4 Å². The van der Waals surface area contributed by atoms with Crippen LogP contribution in [0.5, 0.6) is 5.75 Å². The molecule has 146 valence electrons. The number of esters is 1. The smallest absolute Gasteiger partial charge is 0.325 e. The summed E-state index contributed by atoms with van der Waals surface area (Å²) in [6.45, 7) is 1.57. The second-order valence-corrected chi connectivity index (χ2v) is 6.27. The van der Waals surface area contributed by atoms with Crippen molar-refractivity contribution in [2.75, 3.05) is 13.2 Å². The van der Waals surface area contributed by atoms with E-state index in [9.17, 15) is 14.7 Å². The fourth-order valence-corrected chi connectivity index (χ4v) is 3.12. The molecule has 1 amide bonds. The molecule has 4 aromatic rings. The van der Waals surface area contributed by atoms with Gasteiger partial charge >= 0.3 is 5.97 Å². The van der Waals surface area contributed by atoms with Gasteiger partial charge < -0.3 is 15.2 Å². The molecule has 0 unspecified atom stereocenters. The first kappa shape index (κ1) is 18.4. The molecule has 0 radical (unpaired) electrons. The Bertz CT molecular complexity index is 1220. The summed E-state index contributed by atoms with van der Waals surface area (Å²) in [7, 11) is 0. The van der Waals surface area contributed by atoms with Crippen LogP contribution in [0.2, 0.25) is 0 Å². The maximum atomic E-state index is 12.8. The number of pyridine rings is 1. The Hall–Kier alpha value is -3.94. The quantitative estimate of drug-likeness (QED) is 0.507. The van der Waals surface area contributed by atoms with Gasteiger partial charge in [-0.05, 0) is 6.92 Å². The Labute approximate surface area is 165 Å². The Morgan fingerprint density at radius 2 is 1.76 bits per heavy atom. The molecule has 2 aromatic heterocycles. The normalized spacial score (nSPS) is 10.9. The lowest BCUT2D eigenvalue weighted by Crippen LogP contribution is -2.32. The molecule has 4 rings (SSSR count). The minimum Gasteiger partial charge on any atom is -0.505 e. The third kappa shape index (κ3) is 3.36. The van der Waals surface area contributed by atoms with E-state index in [1.165, 1.54) is 4.52 Å². The van der Waals surface area contributed by atoms with Gasteiger partial charge in [0.25, 0.3) is 5.91 Å². The van der Waals surface area contributed by atoms with E-state index in [1.807, 2.05) is 36.4 Å². The lowest BCUT2D eigenvalue weighted by molar-refractivity contribution is -0.141. The largest absolute Gasteiger partial charge is 0.505 e. The average molecular weight is 390 g/mol. The number of aromatic hydroxyl groups is 1. The van der Waals surface area contributed by atoms with Crippen LogP contribution in [-0.4, -0.2) is 44.7 Å². The third-order valence-corrected chi connectivity index (χ3v) is 4.41. The standard InChI is InChI=1S/C21H18N4O4/c1-2-29-16(26)12-22-21(28)17-18(27)14-10-6-7-11-15(14)20-23-19(24-25(17)20)13-8-4-3-5-9-13/h3-11,27H,2,12H2,1H3,(H,22,28). The highest BCUT2D eigenvalue weighted by atomic mass is 16.5. The monoisotopic (exact) mass is 390 g/mol. The van der Waals surface area contributed by atoms with Crippen LogP contribution in [0.3, 0.4) is 0 Å². The van der Waals surface area contributed by atoms with Crippen LogP contribution < -0.4 is 5.32 Å². The second kappa shape index (κ2) is 7.59. The van der Waals surface area contributed by atoms with Crippen molar-refractivity contribution in [1.82, 2.24) is 19.9 Å². The molecule has 0 aliphatic heterocycles. The van der Waals surface area contributed by atoms with E-state index in [4.69, 9.17) is 4.74 Å². The van der Waals surface area contributed by atoms with Gasteiger partial charge in [0.15, 0.2) is 22.9 Å². The molecular formula is C21H18N4O4. The molecule has 0 saturated heterocycles. The number of nitrogens with zero attached hydrogens (tertiary/aromatic N) is 3. The van der Waals surface area contributed by atoms with Crippen molar-refractivity contribution in [1.29, 1.82) is 0 Å². The maximum Gasteiger partial charge on any atom is 0.325 e. The third-order valence-electron chi connectivity index (χ3n) is 4.41. The molecule has 8 nitrogen and oxygen atoms in total. The van der Waals surface area contributed by atoms with Crippen molar-refractivity contribution >= 4 is 28.3 Å². The molecule has 0 atom stereocenters. The van der Waals surface area contributed by atoms with Crippen LogP contribution >= 0.6 is 0 Å². The summed E-state index contributed by atoms with van der Waals surface area (Å²) >= 11 is 0. The van der Waals surface area contributed by atoms with Gasteiger partial charge in [-0.3, -0.25) is 9.59 Å². The Balaban J connectivity index is 1.87. The number of ether oxygens (including phenoxy) is 1. The molecule has 0 aliphatic rings. The molecule has 2 aromatic carbocycles. The molecule has 0 spiro atoms. The first-order valence-corrected chi connectivity index (χ1v) is 9.09. The van der Waals surface area contributed by atoms with Gasteiger partial charge in [0.1, 0.15) is 6.54 Å². The predicted octanol–water partition coefficient (Wildman–Crippen LogP) is 2.55. The second-order valence-electron chi connectivity index (χ2n) is 6.27. The number of fused-ring (bicyclic) bond motifs is 3. The topological polar surface area (TPSA) is 106 Å². The van der Waals surface area contributed by atoms with Crippen molar-refractivity contribution in [2.45, 2.75) is 6.92 Å². The van der Waals surface area contributed by atoms with Crippen LogP contribution in [-0.2, 0) is 9.53 Å². The lowest BCUT2D eigenvalue weighted by Gasteiger charge is -2.11. The van der Waals surface area contributed by atoms with Crippen LogP contribution in [0.4, 0.5) is 0 Å². The molecule has 29 heavy (non-hydrogen) atoms. The van der Waals surface area contributed by atoms with E-state index in [1.54, 1.807) is 25.1 Å². The number of carbonyl (C=O) groups excluding carboxylic acids is 2. The van der Waals surface area contributed by atoms with Gasteiger partial charge in [-0.25, -0.2) is 9.50 Å². The van der Waals surface area contributed by atoms with Crippen molar-refractivity contribution in [3.63, 3.8) is 0 Å². The lowest BCUT2D eigenvalue weighted by atomic mass is 10.1. The maximum absolute atomic E-state index is 12.8. The number of amides is 1. The highest BCUT2D eigenvalue weighted by Crippen LogP contribution is 2.32. The van der Waals surface area contributed by atoms with E-state index in [-0.39, 0.29) is 24.6 Å². The summed E-state index contributed by atoms with van der Waals surface area (Å²) in [5.74, 6) is -1.04. The molecule has 2 heterocycles. The zero-order chi connectivity index (χ0) is 20.4. The van der Waals surface area contributed by atoms with Gasteiger partial charge in [-0.15, -0.1) is 5.10 Å². The van der Waals surface area contributed by atoms with Gasteiger partial charge in [-0.1, -0.05) is 54.6 Å². The molecule has 8 heteroatoms. The van der Waals surface area contributed by atoms with E-state index in [0.717, 1.165) is 5.56 Å². The Kier molecular flexibility index (Phi) is 4.82. The molecule has 2 N–H and O–H groups in total. The molecule has 0 bridgehead atoms. The predicted molar refractivity (Wildman–Crippen MR) is 107 cm³/mol. The average Bonchev–Trinajstić information content (AvgIpc) is 3.18. The number of benzene rings is 2. The van der Waals surface area contributed by atoms with Gasteiger partial charge in [0.05, 0.1) is 6.61 Å². The van der Waals surface area contributed by atoms with E-state index < -0.39 is 11.9 Å². The fourth-order valence-electron chi connectivity index (χ4n) is 3.12. The zero-order valence-electron chi connectivity index (χ0n) is 15.6. The highest BCUT2D eigenvalue weighted by Gasteiger charge is 2.23. The number of nitrogens with one attached hydrogen (secondary N) is 1. The van der Waals surface area contributed by atoms with Gasteiger partial charge in [0, 0.05) is 16.3 Å². The van der Waals surface area contributed by atoms with Crippen LogP contribution in [0, 0.1) is 0 Å². The van der Waals surface area contributed by atoms with Crippen molar-refractivity contribution in [2.24, 2.45) is 0 Å². The van der Waals surface area contributed by atoms with Crippen LogP contribution in [0.15, 0.2) is 54.6 Å². The summed E-state index contributed by atoms with van der Waals surface area (Å²) in [4.78, 5) is 29.0. The number of hydrogen-bond acceptors (Lipinski definition) is 6. The fraction of sp³-hybridized carbons (Fsp3) is 0.143. The first-order chi connectivity index (χ1) is 14.1. The number of hydrogen-bond donors (Lipinski definition) is 2. The summed E-state index contributed by atoms with van der Waals surface area (Å²) < 4.78 is 6.13. The summed E-state index contributed by atoms with van der Waals surface area (Å²) in [5.41, 5.74) is 1.11. The molecule has 0 saturated carbocycles. The molecular weight excluding hydrogens is 372 g/mol. The first-order valence-electron chi connectivity index (χ1n) is 9.09. The SMILES string of the molecule is CCOC(=O)CNC(=O)c1c(O)c2ccccc2c2nc(-c3ccccc3)nn12. The number of aromatic nitrogens is 3. The Morgan fingerprint density at radius 3 is 2.48 bits per heavy atom. The molecule has 0 aliphatic carbocycles. The van der Waals surface area contributed by atoms with Crippen LogP contribution in [0.25, 0.3) is 27.8 Å². The van der Waals surface area contributed by atoms with Gasteiger partial charge in [-0.2, -0.15) is 0 Å². The summed E-state index contributed by atoms with van der Waals surface area (Å²) in [6, 6.07) is 16.4. The summed E-state index contributed by atoms with van der Waals surface area (Å²) in [5, 5.41) is 18.8. The number of rotatable bonds is 5. The van der Waals surface area contributed by atoms with E-state index in [2.05, 4.69) is 15.4 Å². The van der Waals surface area contributed by atoms with E-state index >= 15 is 0 Å². The number of carbonyl (C=O) groups is 2. The minimum absolute atomic E-state index is 0.0994. The minimum atomic E-state index is -0.657. The zero-order valence-corrected chi connectivity index (χ0v) is 15.6. The van der Waals surface area contributed by atoms with E-state index in [0.29, 0.717) is 22.2 Å². The summed E-state index contributed by atoms with van der Waals surface area (Å²) in [6.07, 6.45) is 0. The van der Waals surface area contributed by atoms with Crippen molar-refractivity contribution in [3.8, 4) is 17.1 Å².